The van der Waals surface area contributed by atoms with Crippen LogP contribution in [0.3, 0.4) is 0 Å². The van der Waals surface area contributed by atoms with Gasteiger partial charge in [0.1, 0.15) is 5.82 Å². The minimum absolute atomic E-state index is 0.113. The van der Waals surface area contributed by atoms with Crippen molar-refractivity contribution in [1.82, 2.24) is 9.80 Å². The normalized spacial score (nSPS) is 19.9. The number of β-amino-alcohol motifs (C(OH)–C–C–N with tert-alkyl or cyclic N) is 1. The van der Waals surface area contributed by atoms with Crippen molar-refractivity contribution >= 4 is 0 Å². The summed E-state index contributed by atoms with van der Waals surface area (Å²) in [6.45, 7) is 6.74. The number of benzene rings is 1. The Bertz CT molecular complexity index is 378. The van der Waals surface area contributed by atoms with E-state index in [2.05, 4.69) is 16.7 Å². The summed E-state index contributed by atoms with van der Waals surface area (Å²) in [5, 5.41) is 8.90. The molecule has 1 atom stereocenters. The quantitative estimate of drug-likeness (QED) is 0.879. The molecule has 1 aliphatic rings. The summed E-state index contributed by atoms with van der Waals surface area (Å²) in [6, 6.07) is 7.11. The Balaban J connectivity index is 1.95. The molecule has 1 unspecified atom stereocenters. The van der Waals surface area contributed by atoms with Gasteiger partial charge in [-0.15, -0.1) is 0 Å². The highest BCUT2D eigenvalue weighted by Gasteiger charge is 2.23. The molecule has 0 aliphatic carbocycles. The van der Waals surface area contributed by atoms with Crippen LogP contribution in [0.5, 0.6) is 0 Å². The molecule has 0 spiro atoms. The zero-order valence-electron chi connectivity index (χ0n) is 10.8. The minimum atomic E-state index is -0.122. The van der Waals surface area contributed by atoms with E-state index in [0.717, 1.165) is 38.3 Å². The fourth-order valence-corrected chi connectivity index (χ4v) is 2.53. The average molecular weight is 252 g/mol. The van der Waals surface area contributed by atoms with Crippen LogP contribution in [-0.2, 0) is 0 Å². The topological polar surface area (TPSA) is 26.7 Å². The first-order valence-electron chi connectivity index (χ1n) is 6.54. The van der Waals surface area contributed by atoms with E-state index in [1.807, 2.05) is 12.1 Å². The highest BCUT2D eigenvalue weighted by molar-refractivity contribution is 5.20. The molecule has 1 aliphatic heterocycles. The van der Waals surface area contributed by atoms with Gasteiger partial charge in [0.05, 0.1) is 6.61 Å². The first-order valence-corrected chi connectivity index (χ1v) is 6.54. The van der Waals surface area contributed by atoms with Crippen LogP contribution in [0.1, 0.15) is 18.5 Å². The lowest BCUT2D eigenvalue weighted by molar-refractivity contribution is 0.0877. The summed E-state index contributed by atoms with van der Waals surface area (Å²) in [5.74, 6) is -0.122. The summed E-state index contributed by atoms with van der Waals surface area (Å²) in [7, 11) is 0. The van der Waals surface area contributed by atoms with Gasteiger partial charge in [0, 0.05) is 44.3 Å². The zero-order chi connectivity index (χ0) is 13.0. The summed E-state index contributed by atoms with van der Waals surface area (Å²) >= 11 is 0. The first kappa shape index (κ1) is 13.5. The van der Waals surface area contributed by atoms with Crippen LogP contribution < -0.4 is 0 Å². The third-order valence-electron chi connectivity index (χ3n) is 3.73. The van der Waals surface area contributed by atoms with Crippen molar-refractivity contribution < 1.29 is 9.50 Å². The maximum Gasteiger partial charge on any atom is 0.127 e. The SMILES string of the molecule is CC(c1ccccc1F)N1CCN(CCO)CC1. The minimum Gasteiger partial charge on any atom is -0.395 e. The standard InChI is InChI=1S/C14H21FN2O/c1-12(13-4-2-3-5-14(13)15)17-8-6-16(7-9-17)10-11-18/h2-5,12,18H,6-11H2,1H3. The van der Waals surface area contributed by atoms with Crippen molar-refractivity contribution in [1.29, 1.82) is 0 Å². The van der Waals surface area contributed by atoms with Gasteiger partial charge in [-0.25, -0.2) is 4.39 Å². The number of piperazine rings is 1. The smallest absolute Gasteiger partial charge is 0.127 e. The summed E-state index contributed by atoms with van der Waals surface area (Å²) in [4.78, 5) is 4.54. The fraction of sp³-hybridized carbons (Fsp3) is 0.571. The van der Waals surface area contributed by atoms with Crippen molar-refractivity contribution in [3.8, 4) is 0 Å². The fourth-order valence-electron chi connectivity index (χ4n) is 2.53. The molecule has 18 heavy (non-hydrogen) atoms. The Kier molecular flexibility index (Phi) is 4.69. The van der Waals surface area contributed by atoms with Crippen molar-refractivity contribution in [2.75, 3.05) is 39.3 Å². The Labute approximate surface area is 108 Å². The Morgan fingerprint density at radius 3 is 2.50 bits per heavy atom. The summed E-state index contributed by atoms with van der Waals surface area (Å²) < 4.78 is 13.7. The lowest BCUT2D eigenvalue weighted by Gasteiger charge is -2.38. The van der Waals surface area contributed by atoms with Gasteiger partial charge in [0.25, 0.3) is 0 Å². The van der Waals surface area contributed by atoms with Crippen LogP contribution in [0.2, 0.25) is 0 Å². The van der Waals surface area contributed by atoms with Crippen molar-refractivity contribution in [3.05, 3.63) is 35.6 Å². The Morgan fingerprint density at radius 1 is 1.22 bits per heavy atom. The second kappa shape index (κ2) is 6.27. The first-order chi connectivity index (χ1) is 8.72. The number of halogens is 1. The molecule has 2 rings (SSSR count). The highest BCUT2D eigenvalue weighted by Crippen LogP contribution is 2.23. The predicted octanol–water partition coefficient (Wildman–Crippen LogP) is 1.50. The number of aliphatic hydroxyl groups excluding tert-OH is 1. The maximum absolute atomic E-state index is 13.7. The van der Waals surface area contributed by atoms with E-state index in [-0.39, 0.29) is 18.5 Å². The predicted molar refractivity (Wildman–Crippen MR) is 69.9 cm³/mol. The molecule has 4 heteroatoms. The lowest BCUT2D eigenvalue weighted by Crippen LogP contribution is -2.47. The second-order valence-electron chi connectivity index (χ2n) is 4.80. The van der Waals surface area contributed by atoms with Crippen LogP contribution in [0.4, 0.5) is 4.39 Å². The maximum atomic E-state index is 13.7. The van der Waals surface area contributed by atoms with E-state index < -0.39 is 0 Å². The molecule has 1 saturated heterocycles. The van der Waals surface area contributed by atoms with Gasteiger partial charge in [-0.2, -0.15) is 0 Å². The van der Waals surface area contributed by atoms with Gasteiger partial charge in [0.15, 0.2) is 0 Å². The van der Waals surface area contributed by atoms with Crippen LogP contribution >= 0.6 is 0 Å². The van der Waals surface area contributed by atoms with E-state index in [4.69, 9.17) is 5.11 Å². The molecule has 1 aromatic carbocycles. The molecule has 1 fully saturated rings. The van der Waals surface area contributed by atoms with Gasteiger partial charge in [-0.1, -0.05) is 18.2 Å². The molecule has 3 nitrogen and oxygen atoms in total. The van der Waals surface area contributed by atoms with Gasteiger partial charge in [0.2, 0.25) is 0 Å². The molecular weight excluding hydrogens is 231 g/mol. The summed E-state index contributed by atoms with van der Waals surface area (Å²) in [6.07, 6.45) is 0. The van der Waals surface area contributed by atoms with Gasteiger partial charge < -0.3 is 5.11 Å². The number of hydrogen-bond donors (Lipinski definition) is 1. The molecule has 1 aromatic rings. The molecule has 1 N–H and O–H groups in total. The number of rotatable bonds is 4. The molecule has 0 radical (unpaired) electrons. The van der Waals surface area contributed by atoms with Crippen LogP contribution in [-0.4, -0.2) is 54.2 Å². The van der Waals surface area contributed by atoms with Crippen LogP contribution in [0.15, 0.2) is 24.3 Å². The zero-order valence-corrected chi connectivity index (χ0v) is 10.8. The monoisotopic (exact) mass is 252 g/mol. The largest absolute Gasteiger partial charge is 0.395 e. The third-order valence-corrected chi connectivity index (χ3v) is 3.73. The van der Waals surface area contributed by atoms with E-state index >= 15 is 0 Å². The van der Waals surface area contributed by atoms with Crippen LogP contribution in [0.25, 0.3) is 0 Å². The Morgan fingerprint density at radius 2 is 1.89 bits per heavy atom. The van der Waals surface area contributed by atoms with Gasteiger partial charge in [-0.3, -0.25) is 9.80 Å². The molecule has 0 saturated carbocycles. The van der Waals surface area contributed by atoms with E-state index in [0.29, 0.717) is 0 Å². The molecule has 100 valence electrons. The highest BCUT2D eigenvalue weighted by atomic mass is 19.1. The van der Waals surface area contributed by atoms with Crippen LogP contribution in [0, 0.1) is 5.82 Å². The lowest BCUT2D eigenvalue weighted by atomic mass is 10.1. The third kappa shape index (κ3) is 3.07. The van der Waals surface area contributed by atoms with Gasteiger partial charge >= 0.3 is 0 Å². The molecule has 1 heterocycles. The number of hydrogen-bond acceptors (Lipinski definition) is 3. The number of nitrogens with zero attached hydrogens (tertiary/aromatic N) is 2. The van der Waals surface area contributed by atoms with E-state index in [9.17, 15) is 4.39 Å². The summed E-state index contributed by atoms with van der Waals surface area (Å²) in [5.41, 5.74) is 0.771. The van der Waals surface area contributed by atoms with Crippen molar-refractivity contribution in [2.24, 2.45) is 0 Å². The Hall–Kier alpha value is -0.970. The van der Waals surface area contributed by atoms with Crippen molar-refractivity contribution in [2.45, 2.75) is 13.0 Å². The molecule has 0 amide bonds. The van der Waals surface area contributed by atoms with Crippen molar-refractivity contribution in [3.63, 3.8) is 0 Å². The molecular formula is C14H21FN2O. The molecule has 0 bridgehead atoms. The number of aliphatic hydroxyl groups is 1. The van der Waals surface area contributed by atoms with Gasteiger partial charge in [-0.05, 0) is 13.0 Å². The van der Waals surface area contributed by atoms with E-state index in [1.54, 1.807) is 6.07 Å². The molecule has 0 aromatic heterocycles. The van der Waals surface area contributed by atoms with E-state index in [1.165, 1.54) is 6.07 Å². The second-order valence-corrected chi connectivity index (χ2v) is 4.80. The average Bonchev–Trinajstić information content (AvgIpc) is 2.40.